The lowest BCUT2D eigenvalue weighted by Crippen LogP contribution is -2.28. The first-order chi connectivity index (χ1) is 9.79. The summed E-state index contributed by atoms with van der Waals surface area (Å²) in [6, 6.07) is 7.10. The van der Waals surface area contributed by atoms with Crippen molar-refractivity contribution < 1.29 is 0 Å². The quantitative estimate of drug-likeness (QED) is 0.833. The number of hydrogen-bond acceptors (Lipinski definition) is 5. The van der Waals surface area contributed by atoms with E-state index in [4.69, 9.17) is 5.73 Å². The minimum atomic E-state index is 0.482. The predicted molar refractivity (Wildman–Crippen MR) is 80.6 cm³/mol. The first kappa shape index (κ1) is 11.9. The Balaban J connectivity index is 1.57. The van der Waals surface area contributed by atoms with E-state index in [1.807, 2.05) is 18.2 Å². The van der Waals surface area contributed by atoms with E-state index >= 15 is 0 Å². The van der Waals surface area contributed by atoms with E-state index in [9.17, 15) is 0 Å². The SMILES string of the molecule is Nc1ccc2ncnc(NC3CCN(C4CC4)C3)c2c1. The van der Waals surface area contributed by atoms with Crippen molar-refractivity contribution in [3.05, 3.63) is 24.5 Å². The van der Waals surface area contributed by atoms with Crippen LogP contribution in [-0.4, -0.2) is 40.0 Å². The van der Waals surface area contributed by atoms with Crippen molar-refractivity contribution in [1.29, 1.82) is 0 Å². The van der Waals surface area contributed by atoms with Gasteiger partial charge in [0.1, 0.15) is 12.1 Å². The second-order valence-corrected chi connectivity index (χ2v) is 5.85. The summed E-state index contributed by atoms with van der Waals surface area (Å²) in [6.07, 6.45) is 5.55. The summed E-state index contributed by atoms with van der Waals surface area (Å²) in [6.45, 7) is 2.33. The van der Waals surface area contributed by atoms with Crippen LogP contribution >= 0.6 is 0 Å². The third-order valence-corrected chi connectivity index (χ3v) is 4.28. The monoisotopic (exact) mass is 269 g/mol. The Bertz CT molecular complexity index is 637. The van der Waals surface area contributed by atoms with Crippen LogP contribution < -0.4 is 11.1 Å². The number of benzene rings is 1. The standard InChI is InChI=1S/C15H19N5/c16-10-1-4-14-13(7-10)15(18-9-17-14)19-11-5-6-20(8-11)12-2-3-12/h1,4,7,9,11-12H,2-3,5-6,8,16H2,(H,17,18,19). The van der Waals surface area contributed by atoms with Crippen LogP contribution in [0.15, 0.2) is 24.5 Å². The van der Waals surface area contributed by atoms with E-state index < -0.39 is 0 Å². The minimum Gasteiger partial charge on any atom is -0.399 e. The van der Waals surface area contributed by atoms with Crippen LogP contribution in [0.2, 0.25) is 0 Å². The number of fused-ring (bicyclic) bond motifs is 1. The highest BCUT2D eigenvalue weighted by molar-refractivity contribution is 5.91. The van der Waals surface area contributed by atoms with Crippen LogP contribution in [0.3, 0.4) is 0 Å². The Kier molecular flexibility index (Phi) is 2.73. The van der Waals surface area contributed by atoms with Gasteiger partial charge in [-0.3, -0.25) is 4.90 Å². The summed E-state index contributed by atoms with van der Waals surface area (Å²) in [5, 5.41) is 4.59. The Morgan fingerprint density at radius 1 is 1.20 bits per heavy atom. The molecule has 0 radical (unpaired) electrons. The molecule has 104 valence electrons. The topological polar surface area (TPSA) is 67.1 Å². The van der Waals surface area contributed by atoms with Gasteiger partial charge in [0, 0.05) is 36.2 Å². The number of nitrogen functional groups attached to an aromatic ring is 1. The molecule has 1 saturated heterocycles. The van der Waals surface area contributed by atoms with E-state index in [-0.39, 0.29) is 0 Å². The lowest BCUT2D eigenvalue weighted by molar-refractivity contribution is 0.326. The third kappa shape index (κ3) is 2.18. The first-order valence-electron chi connectivity index (χ1n) is 7.30. The van der Waals surface area contributed by atoms with E-state index in [1.54, 1.807) is 6.33 Å². The molecular formula is C15H19N5. The molecule has 2 aromatic rings. The van der Waals surface area contributed by atoms with Crippen molar-refractivity contribution in [1.82, 2.24) is 14.9 Å². The lowest BCUT2D eigenvalue weighted by Gasteiger charge is -2.17. The molecular weight excluding hydrogens is 250 g/mol. The average Bonchev–Trinajstić information content (AvgIpc) is 3.20. The second kappa shape index (κ2) is 4.59. The van der Waals surface area contributed by atoms with Crippen LogP contribution in [0, 0.1) is 0 Å². The van der Waals surface area contributed by atoms with Crippen LogP contribution in [0.25, 0.3) is 10.9 Å². The molecule has 20 heavy (non-hydrogen) atoms. The molecule has 5 heteroatoms. The molecule has 3 N–H and O–H groups in total. The largest absolute Gasteiger partial charge is 0.399 e. The smallest absolute Gasteiger partial charge is 0.137 e. The summed E-state index contributed by atoms with van der Waals surface area (Å²) in [5.41, 5.74) is 7.57. The number of likely N-dealkylation sites (tertiary alicyclic amines) is 1. The summed E-state index contributed by atoms with van der Waals surface area (Å²) in [7, 11) is 0. The molecule has 1 aromatic heterocycles. The fourth-order valence-corrected chi connectivity index (χ4v) is 3.06. The number of nitrogens with one attached hydrogen (secondary N) is 1. The average molecular weight is 269 g/mol. The highest BCUT2D eigenvalue weighted by Gasteiger charge is 2.34. The highest BCUT2D eigenvalue weighted by Crippen LogP contribution is 2.31. The van der Waals surface area contributed by atoms with Gasteiger partial charge < -0.3 is 11.1 Å². The molecule has 1 aliphatic carbocycles. The summed E-state index contributed by atoms with van der Waals surface area (Å²) in [5.74, 6) is 0.907. The van der Waals surface area contributed by atoms with Gasteiger partial charge in [-0.05, 0) is 37.5 Å². The van der Waals surface area contributed by atoms with Gasteiger partial charge in [-0.25, -0.2) is 9.97 Å². The number of anilines is 2. The van der Waals surface area contributed by atoms with Crippen LogP contribution in [0.4, 0.5) is 11.5 Å². The Morgan fingerprint density at radius 2 is 2.10 bits per heavy atom. The van der Waals surface area contributed by atoms with E-state index in [0.717, 1.165) is 35.0 Å². The van der Waals surface area contributed by atoms with Crippen molar-refractivity contribution in [2.24, 2.45) is 0 Å². The van der Waals surface area contributed by atoms with Crippen molar-refractivity contribution in [2.45, 2.75) is 31.3 Å². The van der Waals surface area contributed by atoms with Crippen molar-refractivity contribution in [3.8, 4) is 0 Å². The van der Waals surface area contributed by atoms with Gasteiger partial charge in [0.25, 0.3) is 0 Å². The molecule has 2 heterocycles. The van der Waals surface area contributed by atoms with Gasteiger partial charge in [0.2, 0.25) is 0 Å². The maximum Gasteiger partial charge on any atom is 0.137 e. The Hall–Kier alpha value is -1.88. The molecule has 0 amide bonds. The second-order valence-electron chi connectivity index (χ2n) is 5.85. The van der Waals surface area contributed by atoms with Gasteiger partial charge in [-0.1, -0.05) is 0 Å². The number of rotatable bonds is 3. The molecule has 2 aliphatic rings. The van der Waals surface area contributed by atoms with Crippen molar-refractivity contribution >= 4 is 22.4 Å². The molecule has 2 fully saturated rings. The molecule has 0 spiro atoms. The molecule has 1 unspecified atom stereocenters. The molecule has 5 nitrogen and oxygen atoms in total. The van der Waals surface area contributed by atoms with E-state index in [0.29, 0.717) is 6.04 Å². The van der Waals surface area contributed by atoms with Gasteiger partial charge in [-0.2, -0.15) is 0 Å². The van der Waals surface area contributed by atoms with Crippen LogP contribution in [0.1, 0.15) is 19.3 Å². The lowest BCUT2D eigenvalue weighted by atomic mass is 10.2. The molecule has 1 aromatic carbocycles. The zero-order chi connectivity index (χ0) is 13.5. The molecule has 0 bridgehead atoms. The van der Waals surface area contributed by atoms with E-state index in [2.05, 4.69) is 20.2 Å². The van der Waals surface area contributed by atoms with Gasteiger partial charge in [0.15, 0.2) is 0 Å². The molecule has 4 rings (SSSR count). The van der Waals surface area contributed by atoms with Crippen molar-refractivity contribution in [3.63, 3.8) is 0 Å². The fraction of sp³-hybridized carbons (Fsp3) is 0.467. The highest BCUT2D eigenvalue weighted by atomic mass is 15.2. The maximum absolute atomic E-state index is 5.88. The van der Waals surface area contributed by atoms with Gasteiger partial charge in [0.05, 0.1) is 5.52 Å². The van der Waals surface area contributed by atoms with Crippen LogP contribution in [0.5, 0.6) is 0 Å². The zero-order valence-corrected chi connectivity index (χ0v) is 11.4. The van der Waals surface area contributed by atoms with Crippen LogP contribution in [-0.2, 0) is 0 Å². The summed E-state index contributed by atoms with van der Waals surface area (Å²) in [4.78, 5) is 11.3. The maximum atomic E-state index is 5.88. The summed E-state index contributed by atoms with van der Waals surface area (Å²) < 4.78 is 0. The predicted octanol–water partition coefficient (Wildman–Crippen LogP) is 1.86. The first-order valence-corrected chi connectivity index (χ1v) is 7.30. The van der Waals surface area contributed by atoms with E-state index in [1.165, 1.54) is 25.8 Å². The Morgan fingerprint density at radius 3 is 2.95 bits per heavy atom. The zero-order valence-electron chi connectivity index (χ0n) is 11.4. The normalized spacial score (nSPS) is 23.3. The summed E-state index contributed by atoms with van der Waals surface area (Å²) >= 11 is 0. The number of hydrogen-bond donors (Lipinski definition) is 2. The third-order valence-electron chi connectivity index (χ3n) is 4.28. The number of nitrogens with zero attached hydrogens (tertiary/aromatic N) is 3. The number of aromatic nitrogens is 2. The molecule has 1 saturated carbocycles. The van der Waals surface area contributed by atoms with Gasteiger partial charge >= 0.3 is 0 Å². The molecule has 1 aliphatic heterocycles. The fourth-order valence-electron chi connectivity index (χ4n) is 3.06. The van der Waals surface area contributed by atoms with Gasteiger partial charge in [-0.15, -0.1) is 0 Å². The number of nitrogens with two attached hydrogens (primary N) is 1. The minimum absolute atomic E-state index is 0.482. The Labute approximate surface area is 118 Å². The van der Waals surface area contributed by atoms with Crippen molar-refractivity contribution in [2.75, 3.05) is 24.1 Å². The molecule has 1 atom stereocenters.